The molecule has 2 saturated heterocycles. The number of rotatable bonds is 6. The Kier molecular flexibility index (Phi) is 6.20. The number of piperidine rings is 1. The molecule has 2 aromatic rings. The number of benzene rings is 1. The molecule has 2 unspecified atom stereocenters. The van der Waals surface area contributed by atoms with E-state index in [1.54, 1.807) is 12.1 Å². The number of hydrogen-bond donors (Lipinski definition) is 0. The van der Waals surface area contributed by atoms with E-state index in [1.807, 2.05) is 0 Å². The standard InChI is InChI=1S/C25H25F3IN3O3/c26-25(27,28)34-21-4-2-1-3-19(21)23-20(24(35-31-23)15-5-6-15)13-33-18-11-16-7-8-17(12-18)32(16)22-9-10-29-14-30-22/h1-4,9-10,14-18H,5-8,11-13H2. The van der Waals surface area contributed by atoms with Crippen molar-refractivity contribution in [3.05, 3.63) is 45.7 Å². The summed E-state index contributed by atoms with van der Waals surface area (Å²) in [5.74, 6) is 1.76. The van der Waals surface area contributed by atoms with Crippen molar-refractivity contribution in [1.82, 2.24) is 10.1 Å². The van der Waals surface area contributed by atoms with Gasteiger partial charge >= 0.3 is 6.36 Å². The van der Waals surface area contributed by atoms with Crippen LogP contribution in [0.25, 0.3) is 11.3 Å². The van der Waals surface area contributed by atoms with Crippen LogP contribution < -0.4 is 4.74 Å². The lowest BCUT2D eigenvalue weighted by molar-refractivity contribution is -0.274. The van der Waals surface area contributed by atoms with E-state index in [0.717, 1.165) is 55.7 Å². The zero-order chi connectivity index (χ0) is 24.0. The summed E-state index contributed by atoms with van der Waals surface area (Å²) in [5, 5.41) is 4.18. The zero-order valence-electron chi connectivity index (χ0n) is 18.9. The molecule has 186 valence electrons. The number of para-hydroxylation sites is 1. The van der Waals surface area contributed by atoms with Crippen LogP contribution in [0.4, 0.5) is 13.2 Å². The molecule has 1 aromatic heterocycles. The molecule has 2 bridgehead atoms. The van der Waals surface area contributed by atoms with Crippen molar-refractivity contribution in [1.29, 1.82) is 0 Å². The number of aromatic nitrogens is 1. The molecule has 0 radical (unpaired) electrons. The molecule has 1 saturated carbocycles. The van der Waals surface area contributed by atoms with Gasteiger partial charge in [0.1, 0.15) is 23.0 Å². The van der Waals surface area contributed by atoms with E-state index in [2.05, 4.69) is 34.1 Å². The minimum atomic E-state index is -4.79. The molecule has 3 aliphatic heterocycles. The van der Waals surface area contributed by atoms with E-state index >= 15 is 0 Å². The second kappa shape index (κ2) is 9.34. The fourth-order valence-corrected chi connectivity index (χ4v) is 6.61. The molecule has 2 atom stereocenters. The Morgan fingerprint density at radius 2 is 1.86 bits per heavy atom. The summed E-state index contributed by atoms with van der Waals surface area (Å²) >= 11 is -0.0480. The summed E-state index contributed by atoms with van der Waals surface area (Å²) in [6.45, 7) is 0.258. The third-order valence-corrected chi connectivity index (χ3v) is 8.45. The fraction of sp³-hybridized carbons (Fsp3) is 0.480. The van der Waals surface area contributed by atoms with Gasteiger partial charge in [0.05, 0.1) is 16.8 Å². The van der Waals surface area contributed by atoms with Crippen LogP contribution in [0.15, 0.2) is 43.9 Å². The Morgan fingerprint density at radius 3 is 2.54 bits per heavy atom. The summed E-state index contributed by atoms with van der Waals surface area (Å²) in [5.41, 5.74) is 1.36. The second-order valence-electron chi connectivity index (χ2n) is 9.39. The molecule has 1 aliphatic carbocycles. The predicted molar refractivity (Wildman–Crippen MR) is 134 cm³/mol. The van der Waals surface area contributed by atoms with Crippen molar-refractivity contribution in [2.75, 3.05) is 0 Å². The lowest BCUT2D eigenvalue weighted by Gasteiger charge is -2.40. The first-order valence-electron chi connectivity index (χ1n) is 11.9. The van der Waals surface area contributed by atoms with Gasteiger partial charge in [0.15, 0.2) is 0 Å². The Bertz CT molecular complexity index is 1170. The normalized spacial score (nSPS) is 26.0. The monoisotopic (exact) mass is 599 g/mol. The van der Waals surface area contributed by atoms with Gasteiger partial charge in [-0.25, -0.2) is 4.99 Å². The van der Waals surface area contributed by atoms with Crippen molar-refractivity contribution < 1.29 is 27.2 Å². The van der Waals surface area contributed by atoms with Crippen LogP contribution in [0.5, 0.6) is 5.75 Å². The third kappa shape index (κ3) is 4.91. The smallest absolute Gasteiger partial charge is 0.405 e. The SMILES string of the molecule is FC(F)(F)Oc1ccccc1-c1noc(C2CC2)c1COC1CC2CCC(C1)N2C1=NC=IC=C1. The molecule has 35 heavy (non-hydrogen) atoms. The summed E-state index contributed by atoms with van der Waals surface area (Å²) < 4.78 is 59.7. The maximum Gasteiger partial charge on any atom is 0.573 e. The van der Waals surface area contributed by atoms with Gasteiger partial charge in [0.2, 0.25) is 0 Å². The molecule has 4 heterocycles. The molecule has 6 rings (SSSR count). The highest BCUT2D eigenvalue weighted by molar-refractivity contribution is 14.2. The van der Waals surface area contributed by atoms with E-state index in [4.69, 9.17) is 9.26 Å². The summed E-state index contributed by atoms with van der Waals surface area (Å²) in [6.07, 6.45) is 3.48. The summed E-state index contributed by atoms with van der Waals surface area (Å²) in [4.78, 5) is 7.11. The van der Waals surface area contributed by atoms with Crippen LogP contribution in [0, 0.1) is 0 Å². The van der Waals surface area contributed by atoms with Gasteiger partial charge in [-0.2, -0.15) is 0 Å². The van der Waals surface area contributed by atoms with Gasteiger partial charge in [-0.15, -0.1) is 13.2 Å². The Labute approximate surface area is 210 Å². The number of ether oxygens (including phenoxy) is 2. The van der Waals surface area contributed by atoms with E-state index in [1.165, 1.54) is 12.1 Å². The lowest BCUT2D eigenvalue weighted by Crippen LogP contribution is -2.48. The number of halogens is 4. The summed E-state index contributed by atoms with van der Waals surface area (Å²) in [7, 11) is 0. The van der Waals surface area contributed by atoms with Crippen molar-refractivity contribution in [3.8, 4) is 17.0 Å². The van der Waals surface area contributed by atoms with Gasteiger partial charge < -0.3 is 18.9 Å². The number of aliphatic imine (C=N–C) groups is 1. The van der Waals surface area contributed by atoms with Gasteiger partial charge in [0.25, 0.3) is 0 Å². The van der Waals surface area contributed by atoms with Crippen molar-refractivity contribution in [2.24, 2.45) is 4.99 Å². The van der Waals surface area contributed by atoms with E-state index in [-0.39, 0.29) is 50.7 Å². The van der Waals surface area contributed by atoms with E-state index in [9.17, 15) is 13.2 Å². The molecule has 0 spiro atoms. The molecule has 3 fully saturated rings. The largest absolute Gasteiger partial charge is 0.573 e. The fourth-order valence-electron chi connectivity index (χ4n) is 5.45. The molecule has 1 aromatic carbocycles. The molecule has 10 heteroatoms. The molecular weight excluding hydrogens is 574 g/mol. The second-order valence-corrected chi connectivity index (χ2v) is 11.4. The summed E-state index contributed by atoms with van der Waals surface area (Å²) in [6, 6.07) is 6.86. The highest BCUT2D eigenvalue weighted by Gasteiger charge is 2.43. The highest BCUT2D eigenvalue weighted by Crippen LogP contribution is 2.46. The van der Waals surface area contributed by atoms with Gasteiger partial charge in [-0.05, 0) is 60.8 Å². The first-order chi connectivity index (χ1) is 17.0. The lowest BCUT2D eigenvalue weighted by atomic mass is 9.99. The highest BCUT2D eigenvalue weighted by atomic mass is 127. The first-order valence-corrected chi connectivity index (χ1v) is 14.4. The van der Waals surface area contributed by atoms with Crippen molar-refractivity contribution in [2.45, 2.75) is 75.6 Å². The first kappa shape index (κ1) is 23.2. The number of alkyl halides is 3. The number of fused-ring (bicyclic) bond motifs is 2. The van der Waals surface area contributed by atoms with Crippen LogP contribution in [0.2, 0.25) is 0 Å². The van der Waals surface area contributed by atoms with Crippen LogP contribution in [-0.4, -0.2) is 44.6 Å². The average molecular weight is 599 g/mol. The number of amidine groups is 1. The van der Waals surface area contributed by atoms with Crippen LogP contribution in [0.3, 0.4) is 0 Å². The molecule has 0 amide bonds. The molecule has 4 aliphatic rings. The number of nitrogens with zero attached hydrogens (tertiary/aromatic N) is 3. The predicted octanol–water partition coefficient (Wildman–Crippen LogP) is 6.29. The Hall–Kier alpha value is -2.21. The van der Waals surface area contributed by atoms with Crippen molar-refractivity contribution >= 4 is 30.7 Å². The number of hydrogen-bond acceptors (Lipinski definition) is 6. The van der Waals surface area contributed by atoms with Gasteiger partial charge in [-0.1, -0.05) is 38.0 Å². The quantitative estimate of drug-likeness (QED) is 0.366. The van der Waals surface area contributed by atoms with Gasteiger partial charge in [0, 0.05) is 29.1 Å². The van der Waals surface area contributed by atoms with E-state index < -0.39 is 6.36 Å². The van der Waals surface area contributed by atoms with E-state index in [0.29, 0.717) is 17.8 Å². The van der Waals surface area contributed by atoms with Crippen LogP contribution in [0.1, 0.15) is 55.8 Å². The topological polar surface area (TPSA) is 60.1 Å². The Morgan fingerprint density at radius 1 is 1.09 bits per heavy atom. The average Bonchev–Trinajstić information content (AvgIpc) is 3.54. The molecular formula is C25H25F3IN3O3. The molecule has 0 N–H and O–H groups in total. The Balaban J connectivity index is 1.21. The maximum absolute atomic E-state index is 13.0. The minimum Gasteiger partial charge on any atom is -0.405 e. The van der Waals surface area contributed by atoms with Crippen molar-refractivity contribution in [3.63, 3.8) is 0 Å². The zero-order valence-corrected chi connectivity index (χ0v) is 21.0. The van der Waals surface area contributed by atoms with Gasteiger partial charge in [-0.3, -0.25) is 0 Å². The van der Waals surface area contributed by atoms with Crippen LogP contribution in [-0.2, 0) is 11.3 Å². The third-order valence-electron chi connectivity index (χ3n) is 7.07. The minimum absolute atomic E-state index is 0.0480. The van der Waals surface area contributed by atoms with Crippen LogP contribution >= 0.6 is 20.7 Å². The maximum atomic E-state index is 13.0. The molecule has 6 nitrogen and oxygen atoms in total.